The summed E-state index contributed by atoms with van der Waals surface area (Å²) in [5.41, 5.74) is 0.556. The molecule has 1 amide bonds. The van der Waals surface area contributed by atoms with E-state index in [1.54, 1.807) is 13.2 Å². The number of nitrogens with zero attached hydrogens (tertiary/aromatic N) is 5. The second-order valence-electron chi connectivity index (χ2n) is 8.35. The molecule has 170 valence electrons. The molecule has 0 saturated carbocycles. The highest BCUT2D eigenvalue weighted by Crippen LogP contribution is 2.13. The smallest absolute Gasteiger partial charge is 0.407 e. The van der Waals surface area contributed by atoms with Crippen LogP contribution in [-0.2, 0) is 11.3 Å². The van der Waals surface area contributed by atoms with E-state index >= 15 is 0 Å². The predicted octanol–water partition coefficient (Wildman–Crippen LogP) is 2.87. The van der Waals surface area contributed by atoms with Crippen molar-refractivity contribution in [2.75, 3.05) is 20.1 Å². The SMILES string of the molecule is CN=C(NCc1ccc(-n2ccnc2C)nc1)N1CCC(NC(=O)OC(C)(C)C)C1.I. The fourth-order valence-corrected chi connectivity index (χ4v) is 3.34. The maximum atomic E-state index is 12.0. The summed E-state index contributed by atoms with van der Waals surface area (Å²) >= 11 is 0. The summed E-state index contributed by atoms with van der Waals surface area (Å²) in [5.74, 6) is 2.55. The zero-order valence-corrected chi connectivity index (χ0v) is 21.1. The quantitative estimate of drug-likeness (QED) is 0.351. The van der Waals surface area contributed by atoms with Crippen LogP contribution in [0.3, 0.4) is 0 Å². The number of aryl methyl sites for hydroxylation is 1. The van der Waals surface area contributed by atoms with Gasteiger partial charge in [-0.15, -0.1) is 24.0 Å². The van der Waals surface area contributed by atoms with Gasteiger partial charge in [-0.05, 0) is 45.7 Å². The second kappa shape index (κ2) is 10.8. The highest BCUT2D eigenvalue weighted by Gasteiger charge is 2.27. The molecular formula is C21H32IN7O2. The fraction of sp³-hybridized carbons (Fsp3) is 0.524. The zero-order valence-electron chi connectivity index (χ0n) is 18.8. The molecule has 31 heavy (non-hydrogen) atoms. The lowest BCUT2D eigenvalue weighted by atomic mass is 10.2. The summed E-state index contributed by atoms with van der Waals surface area (Å²) in [6.45, 7) is 9.64. The molecule has 9 nitrogen and oxygen atoms in total. The Bertz CT molecular complexity index is 890. The Morgan fingerprint density at radius 3 is 2.68 bits per heavy atom. The number of alkyl carbamates (subject to hydrolysis) is 1. The molecule has 1 unspecified atom stereocenters. The molecule has 3 rings (SSSR count). The molecule has 1 atom stereocenters. The number of likely N-dealkylation sites (tertiary alicyclic amines) is 1. The maximum absolute atomic E-state index is 12.0. The molecule has 3 heterocycles. The fourth-order valence-electron chi connectivity index (χ4n) is 3.34. The van der Waals surface area contributed by atoms with Crippen molar-refractivity contribution < 1.29 is 9.53 Å². The molecule has 0 aromatic carbocycles. The molecule has 2 N–H and O–H groups in total. The van der Waals surface area contributed by atoms with Crippen LogP contribution in [0, 0.1) is 6.92 Å². The minimum absolute atomic E-state index is 0. The maximum Gasteiger partial charge on any atom is 0.407 e. The highest BCUT2D eigenvalue weighted by molar-refractivity contribution is 14.0. The van der Waals surface area contributed by atoms with E-state index in [9.17, 15) is 4.79 Å². The van der Waals surface area contributed by atoms with E-state index in [1.807, 2.05) is 56.8 Å². The first-order chi connectivity index (χ1) is 14.2. The van der Waals surface area contributed by atoms with Crippen LogP contribution in [0.1, 0.15) is 38.6 Å². The molecule has 0 bridgehead atoms. The number of carbonyl (C=O) groups is 1. The molecule has 10 heteroatoms. The van der Waals surface area contributed by atoms with Gasteiger partial charge in [-0.3, -0.25) is 9.56 Å². The van der Waals surface area contributed by atoms with Crippen LogP contribution in [0.2, 0.25) is 0 Å². The highest BCUT2D eigenvalue weighted by atomic mass is 127. The Labute approximate surface area is 200 Å². The number of aromatic nitrogens is 3. The van der Waals surface area contributed by atoms with Crippen LogP contribution in [0.4, 0.5) is 4.79 Å². The van der Waals surface area contributed by atoms with Crippen molar-refractivity contribution in [2.24, 2.45) is 4.99 Å². The van der Waals surface area contributed by atoms with Crippen molar-refractivity contribution in [1.29, 1.82) is 0 Å². The van der Waals surface area contributed by atoms with Gasteiger partial charge in [0.25, 0.3) is 0 Å². The number of ether oxygens (including phenoxy) is 1. The minimum Gasteiger partial charge on any atom is -0.444 e. The number of halogens is 1. The Hall–Kier alpha value is -2.37. The molecular weight excluding hydrogens is 509 g/mol. The number of hydrogen-bond donors (Lipinski definition) is 2. The molecule has 1 aliphatic rings. The third kappa shape index (κ3) is 7.08. The van der Waals surface area contributed by atoms with Crippen molar-refractivity contribution in [3.63, 3.8) is 0 Å². The van der Waals surface area contributed by atoms with E-state index in [0.717, 1.165) is 36.1 Å². The van der Waals surface area contributed by atoms with Gasteiger partial charge in [0, 0.05) is 45.3 Å². The lowest BCUT2D eigenvalue weighted by Gasteiger charge is -2.23. The number of aliphatic imine (C=N–C) groups is 1. The first-order valence-electron chi connectivity index (χ1n) is 10.2. The van der Waals surface area contributed by atoms with Gasteiger partial charge in [-0.25, -0.2) is 14.8 Å². The second-order valence-corrected chi connectivity index (χ2v) is 8.35. The van der Waals surface area contributed by atoms with Crippen molar-refractivity contribution >= 4 is 36.0 Å². The molecule has 0 radical (unpaired) electrons. The van der Waals surface area contributed by atoms with Crippen LogP contribution in [0.25, 0.3) is 5.82 Å². The number of amides is 1. The third-order valence-electron chi connectivity index (χ3n) is 4.75. The summed E-state index contributed by atoms with van der Waals surface area (Å²) in [4.78, 5) is 27.3. The Morgan fingerprint density at radius 2 is 2.10 bits per heavy atom. The average molecular weight is 541 g/mol. The summed E-state index contributed by atoms with van der Waals surface area (Å²) in [7, 11) is 1.76. The monoisotopic (exact) mass is 541 g/mol. The van der Waals surface area contributed by atoms with E-state index in [-0.39, 0.29) is 36.1 Å². The number of guanidine groups is 1. The van der Waals surface area contributed by atoms with Crippen LogP contribution in [0.5, 0.6) is 0 Å². The summed E-state index contributed by atoms with van der Waals surface area (Å²) in [5, 5.41) is 6.32. The Morgan fingerprint density at radius 1 is 1.32 bits per heavy atom. The summed E-state index contributed by atoms with van der Waals surface area (Å²) in [6.07, 6.45) is 5.98. The van der Waals surface area contributed by atoms with Gasteiger partial charge in [0.15, 0.2) is 5.96 Å². The Balaban J connectivity index is 0.00000341. The number of carbonyl (C=O) groups excluding carboxylic acids is 1. The molecule has 0 spiro atoms. The van der Waals surface area contributed by atoms with Crippen molar-refractivity contribution in [1.82, 2.24) is 30.1 Å². The van der Waals surface area contributed by atoms with Gasteiger partial charge in [0.1, 0.15) is 17.2 Å². The number of pyridine rings is 1. The van der Waals surface area contributed by atoms with Gasteiger partial charge in [0.05, 0.1) is 6.04 Å². The van der Waals surface area contributed by atoms with Crippen LogP contribution in [-0.4, -0.2) is 63.3 Å². The van der Waals surface area contributed by atoms with E-state index in [4.69, 9.17) is 4.74 Å². The standard InChI is InChI=1S/C21H31N7O2.HI/c1-15-23-9-11-28(15)18-7-6-16(12-24-18)13-25-19(22-5)27-10-8-17(14-27)26-20(29)30-21(2,3)4;/h6-7,9,11-12,17H,8,10,13-14H2,1-5H3,(H,22,25)(H,26,29);1H. The van der Waals surface area contributed by atoms with E-state index in [1.165, 1.54) is 0 Å². The van der Waals surface area contributed by atoms with Crippen LogP contribution < -0.4 is 10.6 Å². The number of nitrogens with one attached hydrogen (secondary N) is 2. The van der Waals surface area contributed by atoms with Gasteiger partial charge >= 0.3 is 6.09 Å². The number of rotatable bonds is 4. The van der Waals surface area contributed by atoms with Gasteiger partial charge in [-0.2, -0.15) is 0 Å². The molecule has 0 aliphatic carbocycles. The Kier molecular flexibility index (Phi) is 8.66. The zero-order chi connectivity index (χ0) is 21.7. The number of hydrogen-bond acceptors (Lipinski definition) is 5. The van der Waals surface area contributed by atoms with Gasteiger partial charge in [-0.1, -0.05) is 6.07 Å². The van der Waals surface area contributed by atoms with E-state index in [2.05, 4.69) is 30.5 Å². The molecule has 2 aromatic heterocycles. The van der Waals surface area contributed by atoms with Crippen molar-refractivity contribution in [3.05, 3.63) is 42.1 Å². The molecule has 1 fully saturated rings. The molecule has 2 aromatic rings. The summed E-state index contributed by atoms with van der Waals surface area (Å²) < 4.78 is 7.29. The first-order valence-corrected chi connectivity index (χ1v) is 10.2. The van der Waals surface area contributed by atoms with Gasteiger partial charge in [0.2, 0.25) is 0 Å². The van der Waals surface area contributed by atoms with Crippen molar-refractivity contribution in [3.8, 4) is 5.82 Å². The minimum atomic E-state index is -0.500. The van der Waals surface area contributed by atoms with Crippen molar-refractivity contribution in [2.45, 2.75) is 52.3 Å². The number of imidazole rings is 1. The van der Waals surface area contributed by atoms with Crippen LogP contribution in [0.15, 0.2) is 35.7 Å². The molecule has 1 saturated heterocycles. The van der Waals surface area contributed by atoms with Crippen LogP contribution >= 0.6 is 24.0 Å². The normalized spacial score (nSPS) is 16.6. The topological polar surface area (TPSA) is 96.7 Å². The molecule has 1 aliphatic heterocycles. The summed E-state index contributed by atoms with van der Waals surface area (Å²) in [6, 6.07) is 4.06. The lowest BCUT2D eigenvalue weighted by Crippen LogP contribution is -2.44. The van der Waals surface area contributed by atoms with E-state index < -0.39 is 5.60 Å². The first kappa shape index (κ1) is 24.9. The third-order valence-corrected chi connectivity index (χ3v) is 4.75. The predicted molar refractivity (Wildman–Crippen MR) is 131 cm³/mol. The largest absolute Gasteiger partial charge is 0.444 e. The average Bonchev–Trinajstić information content (AvgIpc) is 3.30. The van der Waals surface area contributed by atoms with Gasteiger partial charge < -0.3 is 20.3 Å². The lowest BCUT2D eigenvalue weighted by molar-refractivity contribution is 0.0507. The van der Waals surface area contributed by atoms with E-state index in [0.29, 0.717) is 13.1 Å².